The first kappa shape index (κ1) is 20.1. The van der Waals surface area contributed by atoms with Gasteiger partial charge in [-0.2, -0.15) is 0 Å². The molecule has 146 valence electrons. The molecular weight excluding hydrogens is 453 g/mol. The minimum Gasteiger partial charge on any atom is -0.457 e. The zero-order valence-electron chi connectivity index (χ0n) is 14.7. The van der Waals surface area contributed by atoms with E-state index in [4.69, 9.17) is 39.2 Å². The molecule has 1 aliphatic rings. The summed E-state index contributed by atoms with van der Waals surface area (Å²) in [6.45, 7) is 0.00862. The van der Waals surface area contributed by atoms with Crippen LogP contribution in [0.1, 0.15) is 11.3 Å². The Kier molecular flexibility index (Phi) is 5.74. The van der Waals surface area contributed by atoms with Gasteiger partial charge in [0.1, 0.15) is 11.5 Å². The quantitative estimate of drug-likeness (QED) is 0.385. The van der Waals surface area contributed by atoms with Crippen LogP contribution in [0.4, 0.5) is 4.79 Å². The molecule has 2 amide bonds. The predicted molar refractivity (Wildman–Crippen MR) is 117 cm³/mol. The number of imide groups is 1. The monoisotopic (exact) mass is 463 g/mol. The number of rotatable bonds is 4. The standard InChI is InChI=1S/C21H12Cl3NO3S/c22-13-6-4-12(5-7-13)18-9-8-14(28-18)10-19-20(26)25(21(27)29-19)11-15-16(23)2-1-3-17(15)24/h1-10H,11H2/b19-10+. The van der Waals surface area contributed by atoms with E-state index in [1.165, 1.54) is 0 Å². The van der Waals surface area contributed by atoms with Crippen molar-refractivity contribution in [2.24, 2.45) is 0 Å². The van der Waals surface area contributed by atoms with Gasteiger partial charge in [0.15, 0.2) is 0 Å². The Morgan fingerprint density at radius 1 is 0.931 bits per heavy atom. The van der Waals surface area contributed by atoms with Gasteiger partial charge in [0.2, 0.25) is 0 Å². The highest BCUT2D eigenvalue weighted by Gasteiger charge is 2.36. The lowest BCUT2D eigenvalue weighted by atomic mass is 10.2. The Labute approximate surface area is 186 Å². The Morgan fingerprint density at radius 3 is 2.31 bits per heavy atom. The Morgan fingerprint density at radius 2 is 1.62 bits per heavy atom. The summed E-state index contributed by atoms with van der Waals surface area (Å²) >= 11 is 19.1. The number of thioether (sulfide) groups is 1. The van der Waals surface area contributed by atoms with Crippen molar-refractivity contribution in [1.29, 1.82) is 0 Å². The van der Waals surface area contributed by atoms with Gasteiger partial charge < -0.3 is 4.42 Å². The van der Waals surface area contributed by atoms with Crippen molar-refractivity contribution in [3.63, 3.8) is 0 Å². The smallest absolute Gasteiger partial charge is 0.293 e. The number of benzene rings is 2. The topological polar surface area (TPSA) is 50.5 Å². The lowest BCUT2D eigenvalue weighted by Gasteiger charge is -2.14. The van der Waals surface area contributed by atoms with Gasteiger partial charge in [0.25, 0.3) is 11.1 Å². The maximum Gasteiger partial charge on any atom is 0.293 e. The molecule has 0 bridgehead atoms. The first-order chi connectivity index (χ1) is 13.9. The van der Waals surface area contributed by atoms with Crippen LogP contribution in [0.2, 0.25) is 15.1 Å². The molecule has 0 radical (unpaired) electrons. The van der Waals surface area contributed by atoms with E-state index in [0.29, 0.717) is 32.2 Å². The maximum atomic E-state index is 12.7. The van der Waals surface area contributed by atoms with Gasteiger partial charge in [-0.25, -0.2) is 0 Å². The molecule has 1 fully saturated rings. The average molecular weight is 465 g/mol. The van der Waals surface area contributed by atoms with Crippen LogP contribution in [0, 0.1) is 0 Å². The second kappa shape index (κ2) is 8.28. The van der Waals surface area contributed by atoms with Crippen molar-refractivity contribution in [1.82, 2.24) is 4.90 Å². The Balaban J connectivity index is 1.56. The molecule has 2 aromatic carbocycles. The zero-order chi connectivity index (χ0) is 20.5. The number of hydrogen-bond acceptors (Lipinski definition) is 4. The number of halogens is 3. The van der Waals surface area contributed by atoms with Crippen LogP contribution in [-0.2, 0) is 11.3 Å². The van der Waals surface area contributed by atoms with Gasteiger partial charge in [0.05, 0.1) is 11.4 Å². The van der Waals surface area contributed by atoms with Gasteiger partial charge in [-0.3, -0.25) is 14.5 Å². The largest absolute Gasteiger partial charge is 0.457 e. The number of carbonyl (C=O) groups is 2. The van der Waals surface area contributed by atoms with E-state index in [-0.39, 0.29) is 16.7 Å². The third-order valence-corrected chi connectivity index (χ3v) is 6.15. The number of nitrogens with zero attached hydrogens (tertiary/aromatic N) is 1. The molecular formula is C21H12Cl3NO3S. The molecule has 0 atom stereocenters. The molecule has 4 rings (SSSR count). The van der Waals surface area contributed by atoms with E-state index >= 15 is 0 Å². The van der Waals surface area contributed by atoms with Gasteiger partial charge in [-0.1, -0.05) is 40.9 Å². The fourth-order valence-corrected chi connectivity index (χ4v) is 4.27. The minimum atomic E-state index is -0.416. The molecule has 0 spiro atoms. The van der Waals surface area contributed by atoms with Gasteiger partial charge >= 0.3 is 0 Å². The molecule has 1 saturated heterocycles. The van der Waals surface area contributed by atoms with Crippen LogP contribution >= 0.6 is 46.6 Å². The van der Waals surface area contributed by atoms with Crippen LogP contribution in [0.15, 0.2) is 63.9 Å². The third kappa shape index (κ3) is 4.23. The van der Waals surface area contributed by atoms with E-state index in [2.05, 4.69) is 0 Å². The number of hydrogen-bond donors (Lipinski definition) is 0. The summed E-state index contributed by atoms with van der Waals surface area (Å²) in [7, 11) is 0. The van der Waals surface area contributed by atoms with E-state index in [0.717, 1.165) is 22.2 Å². The van der Waals surface area contributed by atoms with Crippen LogP contribution in [0.3, 0.4) is 0 Å². The highest BCUT2D eigenvalue weighted by Crippen LogP contribution is 2.36. The first-order valence-electron chi connectivity index (χ1n) is 8.46. The van der Waals surface area contributed by atoms with E-state index < -0.39 is 5.91 Å². The summed E-state index contributed by atoms with van der Waals surface area (Å²) in [6.07, 6.45) is 1.55. The van der Waals surface area contributed by atoms with E-state index in [1.807, 2.05) is 12.1 Å². The molecule has 3 aromatic rings. The van der Waals surface area contributed by atoms with Gasteiger partial charge in [-0.15, -0.1) is 0 Å². The summed E-state index contributed by atoms with van der Waals surface area (Å²) in [6, 6.07) is 15.8. The van der Waals surface area contributed by atoms with Crippen molar-refractivity contribution < 1.29 is 14.0 Å². The fourth-order valence-electron chi connectivity index (χ4n) is 2.81. The van der Waals surface area contributed by atoms with Crippen LogP contribution < -0.4 is 0 Å². The first-order valence-corrected chi connectivity index (χ1v) is 10.4. The van der Waals surface area contributed by atoms with Crippen LogP contribution in [0.5, 0.6) is 0 Å². The normalized spacial score (nSPS) is 15.6. The molecule has 4 nitrogen and oxygen atoms in total. The second-order valence-electron chi connectivity index (χ2n) is 6.18. The molecule has 8 heteroatoms. The highest BCUT2D eigenvalue weighted by molar-refractivity contribution is 8.18. The van der Waals surface area contributed by atoms with E-state index in [1.54, 1.807) is 48.5 Å². The summed E-state index contributed by atoms with van der Waals surface area (Å²) in [5.74, 6) is 0.687. The van der Waals surface area contributed by atoms with Crippen molar-refractivity contribution in [2.75, 3.05) is 0 Å². The molecule has 0 unspecified atom stereocenters. The number of carbonyl (C=O) groups excluding carboxylic acids is 2. The van der Waals surface area contributed by atoms with Crippen molar-refractivity contribution >= 4 is 63.8 Å². The molecule has 1 aliphatic heterocycles. The molecule has 0 N–H and O–H groups in total. The van der Waals surface area contributed by atoms with Crippen LogP contribution in [-0.4, -0.2) is 16.0 Å². The zero-order valence-corrected chi connectivity index (χ0v) is 17.8. The summed E-state index contributed by atoms with van der Waals surface area (Å²) in [5, 5.41) is 1.05. The van der Waals surface area contributed by atoms with Gasteiger partial charge in [-0.05, 0) is 60.3 Å². The lowest BCUT2D eigenvalue weighted by Crippen LogP contribution is -2.27. The predicted octanol–water partition coefficient (Wildman–Crippen LogP) is 7.14. The summed E-state index contributed by atoms with van der Waals surface area (Å²) < 4.78 is 5.79. The summed E-state index contributed by atoms with van der Waals surface area (Å²) in [5.41, 5.74) is 1.39. The Hall–Kier alpha value is -2.18. The minimum absolute atomic E-state index is 0.00862. The second-order valence-corrected chi connectivity index (χ2v) is 8.42. The van der Waals surface area contributed by atoms with Crippen molar-refractivity contribution in [3.8, 4) is 11.3 Å². The molecule has 29 heavy (non-hydrogen) atoms. The molecule has 0 aliphatic carbocycles. The maximum absolute atomic E-state index is 12.7. The molecule has 1 aromatic heterocycles. The van der Waals surface area contributed by atoms with Crippen molar-refractivity contribution in [2.45, 2.75) is 6.54 Å². The van der Waals surface area contributed by atoms with Crippen LogP contribution in [0.25, 0.3) is 17.4 Å². The van der Waals surface area contributed by atoms with Crippen molar-refractivity contribution in [3.05, 3.63) is 85.9 Å². The summed E-state index contributed by atoms with van der Waals surface area (Å²) in [4.78, 5) is 26.5. The lowest BCUT2D eigenvalue weighted by molar-refractivity contribution is -0.123. The molecule has 2 heterocycles. The third-order valence-electron chi connectivity index (χ3n) is 4.28. The average Bonchev–Trinajstić information content (AvgIpc) is 3.25. The Bertz CT molecular complexity index is 1120. The van der Waals surface area contributed by atoms with Gasteiger partial charge in [0, 0.05) is 32.3 Å². The SMILES string of the molecule is O=C1S/C(=C/c2ccc(-c3ccc(Cl)cc3)o2)C(=O)N1Cc1c(Cl)cccc1Cl. The fraction of sp³-hybridized carbons (Fsp3) is 0.0476. The number of furan rings is 1. The molecule has 0 saturated carbocycles. The number of amides is 2. The van der Waals surface area contributed by atoms with E-state index in [9.17, 15) is 9.59 Å². The highest BCUT2D eigenvalue weighted by atomic mass is 35.5.